The summed E-state index contributed by atoms with van der Waals surface area (Å²) in [5.41, 5.74) is -12.3. The molecule has 0 heterocycles. The van der Waals surface area contributed by atoms with Crippen LogP contribution in [-0.2, 0) is 64.0 Å². The molecule has 0 amide bonds. The van der Waals surface area contributed by atoms with Crippen molar-refractivity contribution in [2.75, 3.05) is 0 Å². The van der Waals surface area contributed by atoms with Crippen LogP contribution in [0.15, 0.2) is 334 Å². The fourth-order valence-corrected chi connectivity index (χ4v) is 14.4. The lowest BCUT2D eigenvalue weighted by Crippen LogP contribution is -2.61. The lowest BCUT2D eigenvalue weighted by molar-refractivity contribution is 0.316. The van der Waals surface area contributed by atoms with Crippen LogP contribution in [0.3, 0.4) is 0 Å². The van der Waals surface area contributed by atoms with Crippen molar-refractivity contribution < 1.29 is 162 Å². The van der Waals surface area contributed by atoms with Gasteiger partial charge >= 0.3 is 107 Å². The quantitative estimate of drug-likeness (QED) is 0.0279. The van der Waals surface area contributed by atoms with Gasteiger partial charge in [0.1, 0.15) is 116 Å². The fraction of sp³-hybridized carbons (Fsp3) is 0. The van der Waals surface area contributed by atoms with Crippen molar-refractivity contribution in [3.8, 4) is 0 Å². The van der Waals surface area contributed by atoms with Gasteiger partial charge in [0.2, 0.25) is 0 Å². The lowest BCUT2D eigenvalue weighted by Gasteiger charge is -2.31. The molecule has 141 heavy (non-hydrogen) atoms. The molecule has 0 saturated heterocycles. The maximum atomic E-state index is 17.4. The van der Waals surface area contributed by atoms with E-state index in [0.717, 1.165) is 170 Å². The zero-order valence-corrected chi connectivity index (χ0v) is 72.1. The Morgan fingerprint density at radius 2 is 0.291 bits per heavy atom. The Hall–Kier alpha value is -12.8. The van der Waals surface area contributed by atoms with Crippen LogP contribution in [0, 0.1) is 116 Å². The van der Waals surface area contributed by atoms with Gasteiger partial charge in [0.25, 0.3) is 0 Å². The summed E-state index contributed by atoms with van der Waals surface area (Å²) >= 11 is 0. The summed E-state index contributed by atoms with van der Waals surface area (Å²) in [6, 6.07) is 49.2. The van der Waals surface area contributed by atoms with E-state index in [2.05, 4.69) is 0 Å². The van der Waals surface area contributed by atoms with Crippen molar-refractivity contribution in [2.24, 2.45) is 0 Å². The van der Waals surface area contributed by atoms with Crippen LogP contribution in [0.2, 0.25) is 0 Å². The molecule has 0 aliphatic rings. The lowest BCUT2D eigenvalue weighted by atomic mass is 9.62. The van der Waals surface area contributed by atoms with Crippen LogP contribution in [-0.4, -0.2) is 117 Å². The van der Waals surface area contributed by atoms with Gasteiger partial charge in [0.15, 0.2) is 0 Å². The third-order valence-electron chi connectivity index (χ3n) is 20.9. The SMILES string of the molecule is OB(OB(OB(OB(OB(OB(OB(OB(OB(OB(OB(OB(OB(OB(OB(O)c1ccccc1F)c1cc(F)cc(F)c1)c1ccccc1F)c1c(F)cccc1F)c1ccccc1F)c1cc(F)cc(F)c1)c1ccccc1F)c1ccccc1)c1ccccc1F)c1cc(F)cc(F)c1)c1ccccc1F)c1c(F)cccc1F)c1ccccc1F)c1cc(F)cc(F)c1)c1ccccc1F. The fourth-order valence-electron chi connectivity index (χ4n) is 14.4. The monoisotopic (exact) mass is 1940 g/mol. The molecule has 0 radical (unpaired) electrons. The molecular weight excluding hydrogens is 1880 g/mol. The Labute approximate surface area is 796 Å². The van der Waals surface area contributed by atoms with Gasteiger partial charge in [-0.25, -0.2) is 87.8 Å². The van der Waals surface area contributed by atoms with Gasteiger partial charge in [-0.1, -0.05) is 188 Å². The highest BCUT2D eigenvalue weighted by Crippen LogP contribution is 2.22. The molecule has 0 saturated carbocycles. The average Bonchev–Trinajstić information content (AvgIpc) is 0.794. The molecule has 0 bridgehead atoms. The summed E-state index contributed by atoms with van der Waals surface area (Å²) in [7, 11) is -39.9. The van der Waals surface area contributed by atoms with E-state index in [1.807, 2.05) is 0 Å². The maximum absolute atomic E-state index is 17.4. The maximum Gasteiger partial charge on any atom is 0.480 e. The molecule has 698 valence electrons. The van der Waals surface area contributed by atoms with E-state index in [4.69, 9.17) is 64.0 Å². The van der Waals surface area contributed by atoms with Crippen molar-refractivity contribution in [3.63, 3.8) is 0 Å². The minimum Gasteiger partial charge on any atom is -0.445 e. The van der Waals surface area contributed by atoms with E-state index in [1.54, 1.807) is 0 Å². The molecule has 0 aromatic heterocycles. The summed E-state index contributed by atoms with van der Waals surface area (Å²) in [5, 5.41) is 23.0. The van der Waals surface area contributed by atoms with Gasteiger partial charge in [0.05, 0.1) is 10.9 Å². The zero-order valence-electron chi connectivity index (χ0n) is 72.1. The number of rotatable bonds is 43. The number of hydrogen-bond acceptors (Lipinski definition) is 16. The van der Waals surface area contributed by atoms with Crippen molar-refractivity contribution >= 4 is 189 Å². The first-order chi connectivity index (χ1) is 67.9. The van der Waals surface area contributed by atoms with Gasteiger partial charge in [-0.15, -0.1) is 0 Å². The van der Waals surface area contributed by atoms with E-state index >= 15 is 87.8 Å². The largest absolute Gasteiger partial charge is 0.480 e. The van der Waals surface area contributed by atoms with Crippen LogP contribution in [0.5, 0.6) is 0 Å². The molecule has 0 unspecified atom stereocenters. The Morgan fingerprint density at radius 3 is 0.489 bits per heavy atom. The molecule has 15 aromatic carbocycles. The molecule has 0 fully saturated rings. The molecule has 0 atom stereocenters. The average molecular weight is 1940 g/mol. The summed E-state index contributed by atoms with van der Waals surface area (Å²) in [4.78, 5) is 0. The third-order valence-corrected chi connectivity index (χ3v) is 20.9. The number of halogens is 20. The third kappa shape index (κ3) is 26.3. The van der Waals surface area contributed by atoms with Crippen LogP contribution in [0.25, 0.3) is 0 Å². The Kier molecular flexibility index (Phi) is 34.7. The molecule has 51 heteroatoms. The standard InChI is InChI=1S/C90H57B15F20O16/c106-61-44-57(45-62(107)52-61)94(128-91(126)69-24-4-12-32-77(69)114)132-100(73-28-8-16-36-81(73)118)138-104(89-85(122)40-20-41-86(89)123)140-102(75-30-10-18-38-83(75)120)136-96(59-48-65(110)54-66(111)49-59)134-98(71-26-6-14-34-79(71)116)130-93(56-22-2-1-3-23-56)131-99(72-27-7-15-35-80(72)117)135-97(60-50-67(112)55-68(113)51-60)137-103(76-31-11-19-39-84(76)121)141-105(90-87(124)42-21-43-88(90)125)139-101(74-29-9-17-37-82(74)119)133-95(58-46-63(108)53-64(109)47-58)129-92(127)70-25-5-13-33-78(70)115/h1-55,126-127H. The van der Waals surface area contributed by atoms with Crippen molar-refractivity contribution in [2.45, 2.75) is 0 Å². The van der Waals surface area contributed by atoms with Gasteiger partial charge < -0.3 is 74.1 Å². The van der Waals surface area contributed by atoms with Crippen molar-refractivity contribution in [3.05, 3.63) is 450 Å². The number of hydrogen-bond donors (Lipinski definition) is 2. The first kappa shape index (κ1) is 103. The van der Waals surface area contributed by atoms with Gasteiger partial charge in [0, 0.05) is 68.0 Å². The summed E-state index contributed by atoms with van der Waals surface area (Å²) in [6.07, 6.45) is 0. The van der Waals surface area contributed by atoms with E-state index in [1.165, 1.54) is 66.7 Å². The van der Waals surface area contributed by atoms with Crippen LogP contribution < -0.4 is 81.9 Å². The van der Waals surface area contributed by atoms with Crippen molar-refractivity contribution in [1.29, 1.82) is 0 Å². The van der Waals surface area contributed by atoms with Gasteiger partial charge in [-0.3, -0.25) is 0 Å². The second-order valence-corrected chi connectivity index (χ2v) is 30.6. The molecule has 0 spiro atoms. The first-order valence-corrected chi connectivity index (χ1v) is 42.2. The summed E-state index contributed by atoms with van der Waals surface area (Å²) < 4.78 is 417. The minimum atomic E-state index is -2.94. The first-order valence-electron chi connectivity index (χ1n) is 42.2. The smallest absolute Gasteiger partial charge is 0.445 e. The van der Waals surface area contributed by atoms with Crippen LogP contribution >= 0.6 is 0 Å². The molecule has 15 rings (SSSR count). The number of benzene rings is 15. The summed E-state index contributed by atoms with van der Waals surface area (Å²) in [5.74, 6) is -27.8. The predicted molar refractivity (Wildman–Crippen MR) is 496 cm³/mol. The van der Waals surface area contributed by atoms with E-state index in [0.29, 0.717) is 97.1 Å². The molecule has 0 aliphatic heterocycles. The molecule has 15 aromatic rings. The minimum absolute atomic E-state index is 0.276. The molecule has 16 nitrogen and oxygen atoms in total. The molecular formula is C90H57B15F20O16. The van der Waals surface area contributed by atoms with E-state index in [9.17, 15) is 10.0 Å². The van der Waals surface area contributed by atoms with E-state index in [-0.39, 0.29) is 5.46 Å². The Balaban J connectivity index is 0.837. The summed E-state index contributed by atoms with van der Waals surface area (Å²) in [6.45, 7) is 0. The molecule has 2 N–H and O–H groups in total. The highest BCUT2D eigenvalue weighted by Gasteiger charge is 2.51. The van der Waals surface area contributed by atoms with E-state index < -0.39 is 300 Å². The van der Waals surface area contributed by atoms with Gasteiger partial charge in [-0.2, -0.15) is 0 Å². The highest BCUT2D eigenvalue weighted by molar-refractivity contribution is 6.90. The molecule has 0 aliphatic carbocycles. The Morgan fingerprint density at radius 1 is 0.135 bits per heavy atom. The normalized spacial score (nSPS) is 11.2. The van der Waals surface area contributed by atoms with Gasteiger partial charge in [-0.05, 0) is 149 Å². The van der Waals surface area contributed by atoms with Crippen molar-refractivity contribution in [1.82, 2.24) is 0 Å². The predicted octanol–water partition coefficient (Wildman–Crippen LogP) is 7.92. The highest BCUT2D eigenvalue weighted by atomic mass is 19.2. The second-order valence-electron chi connectivity index (χ2n) is 30.6. The Bertz CT molecular complexity index is 6370. The van der Waals surface area contributed by atoms with Crippen LogP contribution in [0.4, 0.5) is 87.8 Å². The topological polar surface area (TPSA) is 170 Å². The van der Waals surface area contributed by atoms with Crippen LogP contribution in [0.1, 0.15) is 0 Å². The second kappa shape index (κ2) is 47.7. The zero-order chi connectivity index (χ0) is 99.7.